The zero-order valence-electron chi connectivity index (χ0n) is 40.9. The fourth-order valence-corrected chi connectivity index (χ4v) is 7.01. The number of carbonyl (C=O) groups excluding carboxylic acids is 7. The van der Waals surface area contributed by atoms with Crippen LogP contribution in [0.25, 0.3) is 0 Å². The van der Waals surface area contributed by atoms with E-state index >= 15 is 0 Å². The van der Waals surface area contributed by atoms with Crippen LogP contribution in [-0.2, 0) is 38.4 Å². The van der Waals surface area contributed by atoms with Crippen LogP contribution in [0.4, 0.5) is 0 Å². The molecule has 69 heavy (non-hydrogen) atoms. The quantitative estimate of drug-likeness (QED) is 0.0169. The molecule has 27 heteroatoms. The summed E-state index contributed by atoms with van der Waals surface area (Å²) in [6.07, 6.45) is -8.50. The molecule has 0 saturated heterocycles. The molecular formula is C42H79N13O14. The van der Waals surface area contributed by atoms with Gasteiger partial charge < -0.3 is 91.2 Å². The summed E-state index contributed by atoms with van der Waals surface area (Å²) < 4.78 is 0. The first-order chi connectivity index (χ1) is 31.8. The average Bonchev–Trinajstić information content (AvgIpc) is 3.25. The molecule has 15 atom stereocenters. The summed E-state index contributed by atoms with van der Waals surface area (Å²) in [6, 6.07) is -9.86. The van der Waals surface area contributed by atoms with Gasteiger partial charge in [0.05, 0.1) is 30.3 Å². The van der Waals surface area contributed by atoms with E-state index in [1.807, 2.05) is 13.8 Å². The molecule has 7 amide bonds. The lowest BCUT2D eigenvalue weighted by Crippen LogP contribution is -2.64. The van der Waals surface area contributed by atoms with E-state index in [-0.39, 0.29) is 62.5 Å². The second kappa shape index (κ2) is 30.6. The Bertz CT molecular complexity index is 1780. The number of rotatable bonds is 32. The molecule has 0 aliphatic carbocycles. The van der Waals surface area contributed by atoms with Crippen LogP contribution in [0.3, 0.4) is 0 Å². The second-order valence-corrected chi connectivity index (χ2v) is 18.0. The van der Waals surface area contributed by atoms with Crippen LogP contribution in [0.2, 0.25) is 0 Å². The number of carboxylic acid groups (broad SMARTS) is 1. The number of nitrogens with one attached hydrogen (secondary N) is 6. The maximum Gasteiger partial charge on any atom is 0.326 e. The van der Waals surface area contributed by atoms with Crippen molar-refractivity contribution < 1.29 is 69.0 Å². The minimum atomic E-state index is -2.42. The highest BCUT2D eigenvalue weighted by Gasteiger charge is 2.41. The van der Waals surface area contributed by atoms with Gasteiger partial charge in [-0.3, -0.25) is 43.5 Å². The van der Waals surface area contributed by atoms with Gasteiger partial charge in [-0.1, -0.05) is 41.5 Å². The number of guanidine groups is 2. The van der Waals surface area contributed by atoms with Gasteiger partial charge in [0.25, 0.3) is 5.91 Å². The molecule has 0 aromatic carbocycles. The number of hydrogen-bond acceptors (Lipinski definition) is 15. The molecule has 27 nitrogen and oxygen atoms in total. The maximum atomic E-state index is 14.0. The van der Waals surface area contributed by atoms with E-state index in [1.54, 1.807) is 6.92 Å². The largest absolute Gasteiger partial charge is 0.480 e. The number of nitrogens with two attached hydrogens (primary N) is 5. The number of carbonyl (C=O) groups is 8. The Morgan fingerprint density at radius 1 is 0.507 bits per heavy atom. The minimum Gasteiger partial charge on any atom is -0.480 e. The summed E-state index contributed by atoms with van der Waals surface area (Å²) in [5, 5.41) is 77.9. The molecule has 0 radical (unpaired) electrons. The fraction of sp³-hybridized carbons (Fsp3) is 0.762. The Kier molecular flexibility index (Phi) is 27.9. The van der Waals surface area contributed by atoms with Gasteiger partial charge in [-0.25, -0.2) is 4.79 Å². The molecule has 396 valence electrons. The van der Waals surface area contributed by atoms with E-state index in [0.717, 1.165) is 13.8 Å². The Labute approximate surface area is 402 Å². The van der Waals surface area contributed by atoms with Crippen molar-refractivity contribution in [3.05, 3.63) is 0 Å². The van der Waals surface area contributed by atoms with E-state index in [0.29, 0.717) is 6.42 Å². The lowest BCUT2D eigenvalue weighted by atomic mass is 9.87. The third-order valence-electron chi connectivity index (χ3n) is 11.4. The van der Waals surface area contributed by atoms with Crippen LogP contribution in [0.5, 0.6) is 0 Å². The van der Waals surface area contributed by atoms with Crippen molar-refractivity contribution in [1.29, 1.82) is 0 Å². The number of aliphatic hydroxyl groups is 5. The number of aliphatic hydroxyl groups excluding tert-OH is 5. The number of hydrogen-bond donors (Lipinski definition) is 17. The third kappa shape index (κ3) is 22.4. The van der Waals surface area contributed by atoms with Gasteiger partial charge in [-0.05, 0) is 70.6 Å². The Morgan fingerprint density at radius 2 is 0.957 bits per heavy atom. The smallest absolute Gasteiger partial charge is 0.326 e. The average molecular weight is 990 g/mol. The van der Waals surface area contributed by atoms with Crippen molar-refractivity contribution in [1.82, 2.24) is 31.9 Å². The number of aliphatic imine (C=N–C) groups is 2. The molecular weight excluding hydrogens is 911 g/mol. The van der Waals surface area contributed by atoms with E-state index in [4.69, 9.17) is 28.7 Å². The standard InChI is InChI=1S/C42H79N13O14/c1-17(2)16-18(3)30(58)21(6)34(62)50-22(7)35(63)51-25(12-10-14-48-41(44)45)31(59)32(60)39(67)53-27(19(4)20(5)33(43)61)36(64)54-29(24(9)57)38(66)55-28(23(8)56)37(65)52-26(40(68)69)13-11-15-49-42(46)47/h17-32,56-60H,10-16H2,1-9H3,(H2,43,61)(H,50,62)(H,51,63)(H,52,65)(H,53,67)(H,54,64)(H,55,66)(H,68,69)(H4,44,45,48)(H4,46,47,49). The van der Waals surface area contributed by atoms with Gasteiger partial charge in [0, 0.05) is 19.0 Å². The zero-order valence-corrected chi connectivity index (χ0v) is 40.9. The summed E-state index contributed by atoms with van der Waals surface area (Å²) in [5.74, 6) is -12.8. The molecule has 0 spiro atoms. The lowest BCUT2D eigenvalue weighted by Gasteiger charge is -2.33. The van der Waals surface area contributed by atoms with Gasteiger partial charge in [0.15, 0.2) is 18.0 Å². The fourth-order valence-electron chi connectivity index (χ4n) is 7.01. The van der Waals surface area contributed by atoms with Gasteiger partial charge in [-0.2, -0.15) is 0 Å². The van der Waals surface area contributed by atoms with Gasteiger partial charge in [0.2, 0.25) is 35.4 Å². The van der Waals surface area contributed by atoms with Crippen LogP contribution < -0.4 is 60.6 Å². The van der Waals surface area contributed by atoms with Gasteiger partial charge >= 0.3 is 5.97 Å². The maximum absolute atomic E-state index is 14.0. The molecule has 15 unspecified atom stereocenters. The molecule has 0 aliphatic heterocycles. The van der Waals surface area contributed by atoms with Crippen molar-refractivity contribution in [3.8, 4) is 0 Å². The van der Waals surface area contributed by atoms with Crippen molar-refractivity contribution in [2.24, 2.45) is 68.2 Å². The van der Waals surface area contributed by atoms with E-state index < -0.39 is 132 Å². The highest BCUT2D eigenvalue weighted by molar-refractivity contribution is 5.96. The number of amides is 7. The number of nitrogens with zero attached hydrogens (tertiary/aromatic N) is 2. The van der Waals surface area contributed by atoms with Crippen LogP contribution >= 0.6 is 0 Å². The first-order valence-electron chi connectivity index (χ1n) is 22.7. The third-order valence-corrected chi connectivity index (χ3v) is 11.4. The van der Waals surface area contributed by atoms with Crippen molar-refractivity contribution in [3.63, 3.8) is 0 Å². The predicted molar refractivity (Wildman–Crippen MR) is 251 cm³/mol. The summed E-state index contributed by atoms with van der Waals surface area (Å²) in [6.45, 7) is 13.3. The molecule has 0 aromatic rings. The second-order valence-electron chi connectivity index (χ2n) is 18.0. The predicted octanol–water partition coefficient (Wildman–Crippen LogP) is -5.97. The molecule has 0 bridgehead atoms. The zero-order chi connectivity index (χ0) is 53.6. The summed E-state index contributed by atoms with van der Waals surface area (Å²) in [4.78, 5) is 113. The minimum absolute atomic E-state index is 0.0178. The van der Waals surface area contributed by atoms with E-state index in [1.165, 1.54) is 27.7 Å². The van der Waals surface area contributed by atoms with Crippen LogP contribution in [-0.4, -0.2) is 170 Å². The molecule has 0 rings (SSSR count). The van der Waals surface area contributed by atoms with Crippen LogP contribution in [0, 0.1) is 29.6 Å². The van der Waals surface area contributed by atoms with Gasteiger partial charge in [0.1, 0.15) is 36.3 Å². The highest BCUT2D eigenvalue weighted by Crippen LogP contribution is 2.21. The van der Waals surface area contributed by atoms with Gasteiger partial charge in [-0.15, -0.1) is 0 Å². The highest BCUT2D eigenvalue weighted by atomic mass is 16.4. The lowest BCUT2D eigenvalue weighted by molar-refractivity contribution is -0.144. The number of aliphatic carboxylic acids is 1. The van der Waals surface area contributed by atoms with Crippen LogP contribution in [0.1, 0.15) is 94.4 Å². The summed E-state index contributed by atoms with van der Waals surface area (Å²) in [7, 11) is 0. The molecule has 0 aromatic heterocycles. The van der Waals surface area contributed by atoms with Crippen molar-refractivity contribution in [2.75, 3.05) is 13.1 Å². The first kappa shape index (κ1) is 63.1. The molecule has 0 aliphatic rings. The Hall–Kier alpha value is -5.90. The normalized spacial score (nSPS) is 17.9. The van der Waals surface area contributed by atoms with Crippen molar-refractivity contribution >= 4 is 59.2 Å². The Balaban J connectivity index is 6.54. The summed E-state index contributed by atoms with van der Waals surface area (Å²) in [5.41, 5.74) is 26.9. The molecule has 0 saturated carbocycles. The molecule has 0 heterocycles. The first-order valence-corrected chi connectivity index (χ1v) is 22.7. The number of primary amides is 1. The summed E-state index contributed by atoms with van der Waals surface area (Å²) >= 11 is 0. The number of carboxylic acids is 1. The molecule has 0 fully saturated rings. The SMILES string of the molecule is CC(C)CC(C)C(O)C(C)C(=O)NC(C)C(=O)NC(CCCN=C(N)N)C(O)C(O)C(=O)NC(C(=O)NC(C(=O)NC(C(=O)NC(CCCN=C(N)N)C(=O)O)C(C)O)C(C)O)C(C)C(C)C(N)=O. The van der Waals surface area contributed by atoms with E-state index in [9.17, 15) is 69.0 Å². The topological polar surface area (TPSA) is 485 Å². The monoisotopic (exact) mass is 990 g/mol. The van der Waals surface area contributed by atoms with Crippen LogP contribution in [0.15, 0.2) is 9.98 Å². The Morgan fingerprint density at radius 3 is 1.39 bits per heavy atom. The van der Waals surface area contributed by atoms with E-state index in [2.05, 4.69) is 41.9 Å². The molecule has 22 N–H and O–H groups in total. The van der Waals surface area contributed by atoms with Crippen molar-refractivity contribution in [2.45, 2.75) is 161 Å².